The number of phenols is 1. The molecular formula is C42H46N10O13S. The molecule has 5 atom stereocenters. The zero-order chi connectivity index (χ0) is 47.7. The predicted octanol–water partition coefficient (Wildman–Crippen LogP) is 1.39. The number of carbonyl (C=O) groups is 4. The van der Waals surface area contributed by atoms with Gasteiger partial charge in [0.2, 0.25) is 11.7 Å². The summed E-state index contributed by atoms with van der Waals surface area (Å²) >= 11 is 5.47. The average Bonchev–Trinajstić information content (AvgIpc) is 3.72. The van der Waals surface area contributed by atoms with Gasteiger partial charge < -0.3 is 71.7 Å². The van der Waals surface area contributed by atoms with Crippen LogP contribution in [0.15, 0.2) is 81.8 Å². The highest BCUT2D eigenvalue weighted by Gasteiger charge is 2.46. The number of aryl methyl sites for hydroxylation is 1. The van der Waals surface area contributed by atoms with Crippen LogP contribution in [-0.2, 0) is 32.2 Å². The Balaban J connectivity index is 0.979. The fourth-order valence-corrected chi connectivity index (χ4v) is 7.51. The van der Waals surface area contributed by atoms with E-state index in [1.54, 1.807) is 35.1 Å². The molecule has 2 amide bonds. The van der Waals surface area contributed by atoms with Crippen LogP contribution in [0.1, 0.15) is 42.2 Å². The van der Waals surface area contributed by atoms with Crippen molar-refractivity contribution in [1.29, 1.82) is 5.41 Å². The van der Waals surface area contributed by atoms with Gasteiger partial charge in [0, 0.05) is 54.3 Å². The normalized spacial score (nSPS) is 16.5. The van der Waals surface area contributed by atoms with Gasteiger partial charge in [0.05, 0.1) is 37.0 Å². The number of aromatic nitrogens is 3. The van der Waals surface area contributed by atoms with Gasteiger partial charge in [-0.15, -0.1) is 5.10 Å². The van der Waals surface area contributed by atoms with Crippen LogP contribution in [0.5, 0.6) is 5.75 Å². The lowest BCUT2D eigenvalue weighted by atomic mass is 9.90. The molecule has 0 saturated heterocycles. The summed E-state index contributed by atoms with van der Waals surface area (Å²) in [5, 5.41) is 80.5. The van der Waals surface area contributed by atoms with Gasteiger partial charge in [-0.3, -0.25) is 19.7 Å². The number of carbonyl (C=O) groups excluding carboxylic acids is 2. The number of thiocarbonyl (C=S) groups is 1. The average molecular weight is 931 g/mol. The number of aliphatic hydroxyl groups excluding tert-OH is 2. The molecular weight excluding hydrogens is 885 g/mol. The largest absolute Gasteiger partial charge is 0.508 e. The van der Waals surface area contributed by atoms with E-state index in [1.165, 1.54) is 30.3 Å². The Hall–Kier alpha value is -7.83. The maximum atomic E-state index is 12.9. The van der Waals surface area contributed by atoms with Crippen molar-refractivity contribution in [3.63, 3.8) is 0 Å². The van der Waals surface area contributed by atoms with E-state index in [9.17, 15) is 49.5 Å². The summed E-state index contributed by atoms with van der Waals surface area (Å²) in [6.45, 7) is 1.02. The van der Waals surface area contributed by atoms with Crippen molar-refractivity contribution in [2.45, 2.75) is 69.7 Å². The minimum absolute atomic E-state index is 0.0357. The van der Waals surface area contributed by atoms with Gasteiger partial charge in [-0.1, -0.05) is 11.3 Å². The highest BCUT2D eigenvalue weighted by molar-refractivity contribution is 7.80. The molecule has 1 aliphatic carbocycles. The Labute approximate surface area is 379 Å². The molecule has 3 aromatic rings. The van der Waals surface area contributed by atoms with Gasteiger partial charge in [-0.05, 0) is 79.5 Å². The van der Waals surface area contributed by atoms with Crippen LogP contribution in [0.3, 0.4) is 0 Å². The Morgan fingerprint density at radius 3 is 2.48 bits per heavy atom. The molecule has 3 aliphatic rings. The molecule has 1 aromatic heterocycles. The lowest BCUT2D eigenvalue weighted by Gasteiger charge is -2.41. The van der Waals surface area contributed by atoms with E-state index in [0.29, 0.717) is 59.4 Å². The maximum absolute atomic E-state index is 12.9. The minimum Gasteiger partial charge on any atom is -0.508 e. The van der Waals surface area contributed by atoms with Gasteiger partial charge in [0.1, 0.15) is 28.9 Å². The first kappa shape index (κ1) is 47.6. The molecule has 0 saturated carbocycles. The summed E-state index contributed by atoms with van der Waals surface area (Å²) < 4.78 is 18.4. The number of aliphatic hydroxyl groups is 2. The number of amides is 2. The number of carboxylic acid groups (broad SMARTS) is 2. The monoisotopic (exact) mass is 930 g/mol. The van der Waals surface area contributed by atoms with Crippen molar-refractivity contribution in [2.24, 2.45) is 5.73 Å². The standard InChI is InChI=1S/C42H46N10O13S/c1-20(54)47-35-29(49-40(43)44)16-33(39(60)61)64-37(35)36(30(57)19-53)65-42(62)46-17-22-18-52(51-50-22)12-4-2-3-11-45-41(66)48-21-5-8-25(28(13-21)38(58)59)34-26-9-6-23(55)14-31(26)63-32-15-24(56)7-10-27(32)34/h5-10,13-16,18,29-30,35-37,53,55,57H,2-4,11-12,17,19H2,1H3,(H,46,62)(H,47,54)(H,58,59)(H,60,61)(H4,43,44,49)(H2,45,48,66)/t29-,30+,35+,36+,37+/m0/s1. The third-order valence-electron chi connectivity index (χ3n) is 10.2. The van der Waals surface area contributed by atoms with Crippen molar-refractivity contribution in [1.82, 2.24) is 36.3 Å². The Kier molecular flexibility index (Phi) is 15.3. The number of anilines is 1. The van der Waals surface area contributed by atoms with E-state index >= 15 is 0 Å². The van der Waals surface area contributed by atoms with Crippen molar-refractivity contribution >= 4 is 63.9 Å². The zero-order valence-electron chi connectivity index (χ0n) is 35.0. The number of hydrogen-bond acceptors (Lipinski definition) is 15. The third-order valence-corrected chi connectivity index (χ3v) is 10.4. The number of aromatic hydroxyl groups is 1. The number of nitrogens with two attached hydrogens (primary N) is 1. The number of nitrogens with zero attached hydrogens (tertiary/aromatic N) is 3. The fourth-order valence-electron chi connectivity index (χ4n) is 7.29. The van der Waals surface area contributed by atoms with Gasteiger partial charge in [-0.2, -0.15) is 0 Å². The number of aliphatic carboxylic acids is 1. The second-order valence-corrected chi connectivity index (χ2v) is 15.4. The number of guanidine groups is 1. The first-order chi connectivity index (χ1) is 31.5. The Morgan fingerprint density at radius 1 is 1.00 bits per heavy atom. The lowest BCUT2D eigenvalue weighted by Crippen LogP contribution is -2.65. The number of nitrogens with one attached hydrogen (secondary N) is 6. The first-order valence-electron chi connectivity index (χ1n) is 20.2. The molecule has 3 heterocycles. The fraction of sp³-hybridized carbons (Fsp3) is 0.310. The summed E-state index contributed by atoms with van der Waals surface area (Å²) in [5.74, 6) is -4.39. The SMILES string of the molecule is CC(=O)N[C@H]1[C@H]([C@H](OC(=O)NCc2cn(CCCCCNC(=S)Nc3ccc(-c4c5ccc(=O)cc-5oc5cc(O)ccc45)c(C(=O)O)c3)nn2)[C@H](O)CO)OC(C(=O)O)=C[C@@H]1NC(=N)N. The van der Waals surface area contributed by atoms with E-state index in [-0.39, 0.29) is 39.7 Å². The topological polar surface area (TPSA) is 359 Å². The van der Waals surface area contributed by atoms with E-state index in [1.807, 2.05) is 0 Å². The molecule has 23 nitrogen and oxygen atoms in total. The molecule has 13 N–H and O–H groups in total. The first-order valence-corrected chi connectivity index (χ1v) is 20.7. The van der Waals surface area contributed by atoms with Crippen LogP contribution >= 0.6 is 12.2 Å². The molecule has 348 valence electrons. The number of fused-ring (bicyclic) bond motifs is 2. The third kappa shape index (κ3) is 11.8. The molecule has 66 heavy (non-hydrogen) atoms. The van der Waals surface area contributed by atoms with Crippen molar-refractivity contribution < 1.29 is 58.6 Å². The highest BCUT2D eigenvalue weighted by atomic mass is 32.1. The van der Waals surface area contributed by atoms with Crippen LogP contribution < -0.4 is 37.7 Å². The molecule has 6 rings (SSSR count). The Bertz CT molecular complexity index is 2710. The Morgan fingerprint density at radius 2 is 1.77 bits per heavy atom. The van der Waals surface area contributed by atoms with E-state index < -0.39 is 72.7 Å². The maximum Gasteiger partial charge on any atom is 0.407 e. The summed E-state index contributed by atoms with van der Waals surface area (Å²) in [6, 6.07) is 11.1. The molecule has 2 aliphatic heterocycles. The molecule has 0 unspecified atom stereocenters. The van der Waals surface area contributed by atoms with Crippen LogP contribution in [0, 0.1) is 5.41 Å². The van der Waals surface area contributed by atoms with Gasteiger partial charge in [-0.25, -0.2) is 14.4 Å². The van der Waals surface area contributed by atoms with Crippen LogP contribution in [0.4, 0.5) is 10.5 Å². The van der Waals surface area contributed by atoms with Crippen LogP contribution in [0.2, 0.25) is 0 Å². The lowest BCUT2D eigenvalue weighted by molar-refractivity contribution is -0.146. The van der Waals surface area contributed by atoms with Crippen LogP contribution in [0.25, 0.3) is 33.4 Å². The minimum atomic E-state index is -1.80. The van der Waals surface area contributed by atoms with E-state index in [0.717, 1.165) is 19.4 Å². The second kappa shape index (κ2) is 21.2. The van der Waals surface area contributed by atoms with Gasteiger partial charge in [0.15, 0.2) is 28.7 Å². The number of carboxylic acids is 2. The number of hydrogen-bond donors (Lipinski definition) is 12. The number of alkyl carbamates (subject to hydrolysis) is 1. The molecule has 0 bridgehead atoms. The van der Waals surface area contributed by atoms with Gasteiger partial charge in [0.25, 0.3) is 0 Å². The van der Waals surface area contributed by atoms with Gasteiger partial charge >= 0.3 is 18.0 Å². The highest BCUT2D eigenvalue weighted by Crippen LogP contribution is 2.42. The smallest absolute Gasteiger partial charge is 0.407 e. The molecule has 0 fully saturated rings. The second-order valence-electron chi connectivity index (χ2n) is 15.0. The summed E-state index contributed by atoms with van der Waals surface area (Å²) in [4.78, 5) is 61.6. The number of aromatic carboxylic acids is 1. The summed E-state index contributed by atoms with van der Waals surface area (Å²) in [5.41, 5.74) is 7.57. The van der Waals surface area contributed by atoms with Crippen molar-refractivity contribution in [2.75, 3.05) is 18.5 Å². The van der Waals surface area contributed by atoms with E-state index in [2.05, 4.69) is 36.9 Å². The zero-order valence-corrected chi connectivity index (χ0v) is 35.8. The van der Waals surface area contributed by atoms with Crippen molar-refractivity contribution in [3.8, 4) is 28.2 Å². The number of rotatable bonds is 18. The van der Waals surface area contributed by atoms with Crippen molar-refractivity contribution in [3.05, 3.63) is 94.1 Å². The number of ether oxygens (including phenoxy) is 2. The quantitative estimate of drug-likeness (QED) is 0.0194. The molecule has 24 heteroatoms. The molecule has 0 radical (unpaired) electrons. The van der Waals surface area contributed by atoms with E-state index in [4.69, 9.17) is 37.3 Å². The summed E-state index contributed by atoms with van der Waals surface area (Å²) in [6.07, 6.45) is -1.40. The number of phenolic OH excluding ortho intramolecular Hbond substituents is 1. The summed E-state index contributed by atoms with van der Waals surface area (Å²) in [7, 11) is 0. The molecule has 0 spiro atoms. The number of unbranched alkanes of at least 4 members (excludes halogenated alkanes) is 2. The van der Waals surface area contributed by atoms with Crippen LogP contribution in [-0.4, -0.2) is 119 Å². The molecule has 2 aromatic carbocycles. The number of benzene rings is 3. The predicted molar refractivity (Wildman–Crippen MR) is 238 cm³/mol.